The van der Waals surface area contributed by atoms with Gasteiger partial charge in [-0.05, 0) is 105 Å². The number of nitrogens with one attached hydrogen (secondary N) is 1. The van der Waals surface area contributed by atoms with Crippen molar-refractivity contribution in [2.45, 2.75) is 6.92 Å². The van der Waals surface area contributed by atoms with Crippen LogP contribution in [0.2, 0.25) is 5.02 Å². The van der Waals surface area contributed by atoms with Gasteiger partial charge in [-0.15, -0.1) is 0 Å². The molecule has 1 N–H and O–H groups in total. The molecule has 4 aromatic carbocycles. The van der Waals surface area contributed by atoms with E-state index in [1.165, 1.54) is 10.9 Å². The number of furan rings is 1. The van der Waals surface area contributed by atoms with Crippen LogP contribution in [-0.2, 0) is 4.79 Å². The predicted octanol–water partition coefficient (Wildman–Crippen LogP) is 8.20. The Balaban J connectivity index is 1.29. The minimum Gasteiger partial charge on any atom is -0.481 e. The zero-order valence-corrected chi connectivity index (χ0v) is 26.4. The standard InChI is InChI=1S/C32H21Br2ClN4O4/c1-18-6-9-22(10-7-18)37-29(40)17-42-30-24(33)12-19(13-25(30)34)16-36-39-31(38-26-5-3-2-4-23(26)32(39)41)28-15-20-14-21(35)8-11-27(20)43-28/h2-16H,17H2,1H3,(H,37,40). The number of para-hydroxylation sites is 1. The van der Waals surface area contributed by atoms with Gasteiger partial charge in [-0.1, -0.05) is 41.4 Å². The van der Waals surface area contributed by atoms with Crippen molar-refractivity contribution in [3.05, 3.63) is 120 Å². The van der Waals surface area contributed by atoms with Crippen LogP contribution in [0.25, 0.3) is 33.5 Å². The summed E-state index contributed by atoms with van der Waals surface area (Å²) in [5.74, 6) is 0.761. The number of hydrogen-bond acceptors (Lipinski definition) is 6. The van der Waals surface area contributed by atoms with E-state index in [0.717, 1.165) is 10.9 Å². The van der Waals surface area contributed by atoms with Crippen LogP contribution in [0.1, 0.15) is 11.1 Å². The minimum atomic E-state index is -0.354. The number of rotatable bonds is 7. The molecule has 1 amide bonds. The number of aryl methyl sites for hydroxylation is 1. The van der Waals surface area contributed by atoms with E-state index in [1.807, 2.05) is 37.3 Å². The van der Waals surface area contributed by atoms with Gasteiger partial charge in [0.05, 0.1) is 26.1 Å². The number of fused-ring (bicyclic) bond motifs is 2. The fourth-order valence-corrected chi connectivity index (χ4v) is 6.03. The van der Waals surface area contributed by atoms with Crippen molar-refractivity contribution < 1.29 is 13.9 Å². The Labute approximate surface area is 267 Å². The number of ether oxygens (including phenoxy) is 1. The van der Waals surface area contributed by atoms with Crippen molar-refractivity contribution in [1.82, 2.24) is 9.66 Å². The Morgan fingerprint density at radius 1 is 1.05 bits per heavy atom. The molecule has 6 aromatic rings. The van der Waals surface area contributed by atoms with Gasteiger partial charge in [0.15, 0.2) is 12.4 Å². The molecule has 214 valence electrons. The van der Waals surface area contributed by atoms with E-state index < -0.39 is 0 Å². The van der Waals surface area contributed by atoms with Gasteiger partial charge < -0.3 is 14.5 Å². The van der Waals surface area contributed by atoms with Gasteiger partial charge in [-0.3, -0.25) is 9.59 Å². The molecule has 8 nitrogen and oxygen atoms in total. The summed E-state index contributed by atoms with van der Waals surface area (Å²) in [6, 6.07) is 25.1. The van der Waals surface area contributed by atoms with Gasteiger partial charge in [-0.2, -0.15) is 9.78 Å². The molecule has 0 spiro atoms. The van der Waals surface area contributed by atoms with Crippen molar-refractivity contribution in [3.8, 4) is 17.3 Å². The molecule has 0 saturated carbocycles. The average Bonchev–Trinajstić information content (AvgIpc) is 3.40. The summed E-state index contributed by atoms with van der Waals surface area (Å²) in [4.78, 5) is 30.7. The number of anilines is 1. The highest BCUT2D eigenvalue weighted by molar-refractivity contribution is 9.11. The molecule has 2 aromatic heterocycles. The highest BCUT2D eigenvalue weighted by Crippen LogP contribution is 2.35. The maximum atomic E-state index is 13.6. The van der Waals surface area contributed by atoms with Crippen molar-refractivity contribution in [2.75, 3.05) is 11.9 Å². The molecule has 11 heteroatoms. The average molecular weight is 721 g/mol. The second-order valence-corrected chi connectivity index (χ2v) is 11.8. The lowest BCUT2D eigenvalue weighted by Gasteiger charge is -2.12. The zero-order valence-electron chi connectivity index (χ0n) is 22.5. The quantitative estimate of drug-likeness (QED) is 0.168. The van der Waals surface area contributed by atoms with E-state index in [2.05, 4.69) is 42.3 Å². The maximum absolute atomic E-state index is 13.6. The normalized spacial score (nSPS) is 11.4. The van der Waals surface area contributed by atoms with E-state index in [9.17, 15) is 9.59 Å². The molecule has 0 aliphatic heterocycles. The van der Waals surface area contributed by atoms with Gasteiger partial charge in [0.1, 0.15) is 11.3 Å². The molecule has 0 aliphatic rings. The number of benzene rings is 4. The Bertz CT molecular complexity index is 2080. The minimum absolute atomic E-state index is 0.192. The van der Waals surface area contributed by atoms with Crippen LogP contribution in [0.4, 0.5) is 5.69 Å². The van der Waals surface area contributed by atoms with Crippen molar-refractivity contribution >= 4 is 83.1 Å². The van der Waals surface area contributed by atoms with E-state index in [4.69, 9.17) is 25.7 Å². The Morgan fingerprint density at radius 3 is 2.56 bits per heavy atom. The highest BCUT2D eigenvalue weighted by atomic mass is 79.9. The van der Waals surface area contributed by atoms with E-state index >= 15 is 0 Å². The molecule has 6 rings (SSSR count). The number of halogens is 3. The SMILES string of the molecule is Cc1ccc(NC(=O)COc2c(Br)cc(C=Nn3c(-c4cc5cc(Cl)ccc5o4)nc4ccccc4c3=O)cc2Br)cc1. The van der Waals surface area contributed by atoms with Crippen molar-refractivity contribution in [3.63, 3.8) is 0 Å². The Morgan fingerprint density at radius 2 is 1.79 bits per heavy atom. The second kappa shape index (κ2) is 12.2. The molecular formula is C32H21Br2ClN4O4. The summed E-state index contributed by atoms with van der Waals surface area (Å²) >= 11 is 13.2. The monoisotopic (exact) mass is 718 g/mol. The third-order valence-electron chi connectivity index (χ3n) is 6.48. The first-order valence-corrected chi connectivity index (χ1v) is 15.0. The fourth-order valence-electron chi connectivity index (χ4n) is 4.40. The fraction of sp³-hybridized carbons (Fsp3) is 0.0625. The topological polar surface area (TPSA) is 98.7 Å². The van der Waals surface area contributed by atoms with Gasteiger partial charge in [-0.25, -0.2) is 4.98 Å². The summed E-state index contributed by atoms with van der Waals surface area (Å²) < 4.78 is 14.2. The summed E-state index contributed by atoms with van der Waals surface area (Å²) in [6.45, 7) is 1.79. The molecule has 0 radical (unpaired) electrons. The molecule has 0 aliphatic carbocycles. The molecule has 0 saturated heterocycles. The number of nitrogens with zero attached hydrogens (tertiary/aromatic N) is 3. The van der Waals surface area contributed by atoms with E-state index in [1.54, 1.807) is 54.6 Å². The summed E-state index contributed by atoms with van der Waals surface area (Å²) in [5.41, 5.74) is 3.21. The smallest absolute Gasteiger partial charge is 0.282 e. The summed E-state index contributed by atoms with van der Waals surface area (Å²) in [7, 11) is 0. The van der Waals surface area contributed by atoms with Crippen molar-refractivity contribution in [1.29, 1.82) is 0 Å². The van der Waals surface area contributed by atoms with Crippen molar-refractivity contribution in [2.24, 2.45) is 5.10 Å². The number of carbonyl (C=O) groups is 1. The maximum Gasteiger partial charge on any atom is 0.282 e. The van der Waals surface area contributed by atoms with Crippen LogP contribution < -0.4 is 15.6 Å². The van der Waals surface area contributed by atoms with Crippen LogP contribution in [0.15, 0.2) is 108 Å². The number of aromatic nitrogens is 2. The molecule has 0 atom stereocenters. The molecule has 2 heterocycles. The van der Waals surface area contributed by atoms with E-state index in [-0.39, 0.29) is 23.9 Å². The number of carbonyl (C=O) groups excluding carboxylic acids is 1. The van der Waals surface area contributed by atoms with E-state index in [0.29, 0.717) is 53.2 Å². The van der Waals surface area contributed by atoms with Crippen LogP contribution in [-0.4, -0.2) is 28.4 Å². The molecule has 43 heavy (non-hydrogen) atoms. The third kappa shape index (κ3) is 6.27. The largest absolute Gasteiger partial charge is 0.481 e. The molecule has 0 fully saturated rings. The highest BCUT2D eigenvalue weighted by Gasteiger charge is 2.17. The Kier molecular flexibility index (Phi) is 8.16. The van der Waals surface area contributed by atoms with Crippen LogP contribution >= 0.6 is 43.5 Å². The van der Waals surface area contributed by atoms with Gasteiger partial charge >= 0.3 is 0 Å². The number of hydrogen-bond donors (Lipinski definition) is 1. The summed E-state index contributed by atoms with van der Waals surface area (Å²) in [5, 5.41) is 9.08. The molecular weight excluding hydrogens is 700 g/mol. The summed E-state index contributed by atoms with van der Waals surface area (Å²) in [6.07, 6.45) is 1.53. The lowest BCUT2D eigenvalue weighted by molar-refractivity contribution is -0.118. The first kappa shape index (κ1) is 28.9. The first-order valence-electron chi connectivity index (χ1n) is 13.0. The zero-order chi connectivity index (χ0) is 30.1. The van der Waals surface area contributed by atoms with Gasteiger partial charge in [0, 0.05) is 16.1 Å². The Hall–Kier alpha value is -4.25. The number of amides is 1. The molecule has 0 unspecified atom stereocenters. The van der Waals surface area contributed by atoms with Crippen LogP contribution in [0.5, 0.6) is 5.75 Å². The lowest BCUT2D eigenvalue weighted by Crippen LogP contribution is -2.20. The van der Waals surface area contributed by atoms with Gasteiger partial charge in [0.25, 0.3) is 11.5 Å². The van der Waals surface area contributed by atoms with Gasteiger partial charge in [0.2, 0.25) is 5.82 Å². The first-order chi connectivity index (χ1) is 20.7. The lowest BCUT2D eigenvalue weighted by atomic mass is 10.2. The van der Waals surface area contributed by atoms with Crippen LogP contribution in [0, 0.1) is 6.92 Å². The molecule has 0 bridgehead atoms. The second-order valence-electron chi connectivity index (χ2n) is 9.62. The predicted molar refractivity (Wildman–Crippen MR) is 176 cm³/mol. The van der Waals surface area contributed by atoms with Crippen LogP contribution in [0.3, 0.4) is 0 Å². The third-order valence-corrected chi connectivity index (χ3v) is 7.89.